The first-order valence-corrected chi connectivity index (χ1v) is 11.2. The Balaban J connectivity index is 1.63. The third-order valence-corrected chi connectivity index (χ3v) is 5.48. The molecule has 0 atom stereocenters. The van der Waals surface area contributed by atoms with E-state index in [2.05, 4.69) is 15.6 Å². The lowest BCUT2D eigenvalue weighted by Gasteiger charge is -2.03. The van der Waals surface area contributed by atoms with Crippen LogP contribution in [0.25, 0.3) is 33.6 Å². The number of aromatic hydroxyl groups is 1. The van der Waals surface area contributed by atoms with Gasteiger partial charge in [-0.1, -0.05) is 42.5 Å². The Bertz CT molecular complexity index is 1310. The molecule has 0 aliphatic rings. The second-order valence-electron chi connectivity index (χ2n) is 8.02. The largest absolute Gasteiger partial charge is 0.507 e. The number of phenols is 1. The van der Waals surface area contributed by atoms with Gasteiger partial charge in [0.05, 0.1) is 11.8 Å². The van der Waals surface area contributed by atoms with E-state index in [0.717, 1.165) is 24.8 Å². The van der Waals surface area contributed by atoms with Crippen LogP contribution in [0.1, 0.15) is 43.0 Å². The van der Waals surface area contributed by atoms with Gasteiger partial charge in [0.15, 0.2) is 0 Å². The first kappa shape index (κ1) is 23.0. The molecule has 4 aromatic rings. The van der Waals surface area contributed by atoms with Crippen LogP contribution in [-0.4, -0.2) is 43.6 Å². The maximum atomic E-state index is 11.8. The van der Waals surface area contributed by atoms with Gasteiger partial charge in [-0.05, 0) is 25.3 Å². The smallest absolute Gasteiger partial charge is 0.339 e. The number of benzene rings is 2. The molecule has 176 valence electrons. The quantitative estimate of drug-likeness (QED) is 0.297. The number of nitrogens with one attached hydrogen (secondary N) is 1. The van der Waals surface area contributed by atoms with Gasteiger partial charge in [-0.2, -0.15) is 0 Å². The van der Waals surface area contributed by atoms with Crippen molar-refractivity contribution in [3.8, 4) is 28.3 Å². The summed E-state index contributed by atoms with van der Waals surface area (Å²) in [5, 5.41) is 31.5. The van der Waals surface area contributed by atoms with Crippen molar-refractivity contribution in [3.05, 3.63) is 54.2 Å². The van der Waals surface area contributed by atoms with E-state index in [4.69, 9.17) is 4.42 Å². The summed E-state index contributed by atoms with van der Waals surface area (Å²) in [6, 6.07) is 12.1. The van der Waals surface area contributed by atoms with Crippen LogP contribution < -0.4 is 5.32 Å². The number of aryl methyl sites for hydroxylation is 1. The van der Waals surface area contributed by atoms with E-state index >= 15 is 0 Å². The molecule has 0 spiro atoms. The number of carbonyl (C=O) groups is 2. The van der Waals surface area contributed by atoms with Crippen molar-refractivity contribution in [2.75, 3.05) is 6.54 Å². The fraction of sp³-hybridized carbons (Fsp3) is 0.280. The molecule has 2 heterocycles. The molecule has 2 aromatic heterocycles. The monoisotopic (exact) mass is 462 g/mol. The van der Waals surface area contributed by atoms with E-state index in [-0.39, 0.29) is 17.2 Å². The van der Waals surface area contributed by atoms with Crippen molar-refractivity contribution in [2.45, 2.75) is 39.2 Å². The number of carboxylic acid groups (broad SMARTS) is 1. The number of carboxylic acids is 1. The van der Waals surface area contributed by atoms with E-state index in [1.807, 2.05) is 37.3 Å². The van der Waals surface area contributed by atoms with Gasteiger partial charge < -0.3 is 19.9 Å². The molecule has 0 unspecified atom stereocenters. The van der Waals surface area contributed by atoms with Crippen molar-refractivity contribution >= 4 is 22.8 Å². The minimum absolute atomic E-state index is 0.0518. The molecule has 0 fully saturated rings. The van der Waals surface area contributed by atoms with Crippen LogP contribution >= 0.6 is 0 Å². The van der Waals surface area contributed by atoms with E-state index in [1.54, 1.807) is 10.9 Å². The Morgan fingerprint density at radius 1 is 1.15 bits per heavy atom. The summed E-state index contributed by atoms with van der Waals surface area (Å²) in [6.07, 6.45) is 4.65. The second kappa shape index (κ2) is 10.2. The lowest BCUT2D eigenvalue weighted by molar-refractivity contribution is -0.121. The normalized spacial score (nSPS) is 11.1. The maximum Gasteiger partial charge on any atom is 0.339 e. The van der Waals surface area contributed by atoms with Gasteiger partial charge in [0.2, 0.25) is 5.91 Å². The van der Waals surface area contributed by atoms with Gasteiger partial charge in [0.25, 0.3) is 0 Å². The molecule has 0 aliphatic heterocycles. The molecular weight excluding hydrogens is 436 g/mol. The van der Waals surface area contributed by atoms with Crippen LogP contribution in [0.5, 0.6) is 5.75 Å². The summed E-state index contributed by atoms with van der Waals surface area (Å²) in [7, 11) is 0. The predicted molar refractivity (Wildman–Crippen MR) is 126 cm³/mol. The molecule has 1 amide bonds. The summed E-state index contributed by atoms with van der Waals surface area (Å²) in [5.41, 5.74) is 2.05. The Kier molecular flexibility index (Phi) is 6.91. The Labute approximate surface area is 196 Å². The molecule has 9 nitrogen and oxygen atoms in total. The molecule has 0 aliphatic carbocycles. The van der Waals surface area contributed by atoms with E-state index < -0.39 is 5.97 Å². The number of hydrogen-bond donors (Lipinski definition) is 3. The topological polar surface area (TPSA) is 130 Å². The number of amides is 1. The number of carbonyl (C=O) groups excluding carboxylic acids is 1. The van der Waals surface area contributed by atoms with E-state index in [0.29, 0.717) is 47.5 Å². The molecule has 4 rings (SSSR count). The summed E-state index contributed by atoms with van der Waals surface area (Å²) < 4.78 is 7.75. The highest BCUT2D eigenvalue weighted by Gasteiger charge is 2.23. The number of aromatic nitrogens is 3. The fourth-order valence-corrected chi connectivity index (χ4v) is 3.78. The van der Waals surface area contributed by atoms with Gasteiger partial charge in [-0.15, -0.1) is 5.10 Å². The minimum Gasteiger partial charge on any atom is -0.507 e. The van der Waals surface area contributed by atoms with Crippen molar-refractivity contribution < 1.29 is 24.2 Å². The van der Waals surface area contributed by atoms with Crippen molar-refractivity contribution in [1.82, 2.24) is 20.3 Å². The molecule has 0 saturated carbocycles. The minimum atomic E-state index is -1.24. The highest BCUT2D eigenvalue weighted by Crippen LogP contribution is 2.42. The van der Waals surface area contributed by atoms with Crippen molar-refractivity contribution in [3.63, 3.8) is 0 Å². The third kappa shape index (κ3) is 4.93. The lowest BCUT2D eigenvalue weighted by atomic mass is 10.0. The number of aromatic carboxylic acids is 1. The highest BCUT2D eigenvalue weighted by molar-refractivity contribution is 6.05. The van der Waals surface area contributed by atoms with Crippen molar-refractivity contribution in [1.29, 1.82) is 0 Å². The molecule has 0 radical (unpaired) electrons. The highest BCUT2D eigenvalue weighted by atomic mass is 16.4. The number of rotatable bonds is 10. The molecular formula is C25H26N4O5. The Morgan fingerprint density at radius 2 is 1.94 bits per heavy atom. The van der Waals surface area contributed by atoms with Crippen LogP contribution in [0.2, 0.25) is 0 Å². The summed E-state index contributed by atoms with van der Waals surface area (Å²) in [5.74, 6) is -1.04. The van der Waals surface area contributed by atoms with Crippen molar-refractivity contribution in [2.24, 2.45) is 0 Å². The first-order chi connectivity index (χ1) is 16.5. The predicted octanol–water partition coefficient (Wildman–Crippen LogP) is 4.46. The van der Waals surface area contributed by atoms with E-state index in [1.165, 1.54) is 12.1 Å². The van der Waals surface area contributed by atoms with Gasteiger partial charge in [0.1, 0.15) is 28.4 Å². The molecule has 2 aromatic carbocycles. The summed E-state index contributed by atoms with van der Waals surface area (Å²) >= 11 is 0. The standard InChI is InChI=1S/C25H26N4O5/c1-2-11-26-22(31)10-6-7-12-29-15-19(27-28-29)23-18-13-17(25(32)33)20(30)14-21(18)34-24(23)16-8-4-3-5-9-16/h3-5,8-9,13-15,30H,2,6-7,10-12H2,1H3,(H,26,31)(H,32,33). The molecule has 3 N–H and O–H groups in total. The van der Waals surface area contributed by atoms with Gasteiger partial charge in [0, 0.05) is 36.5 Å². The Morgan fingerprint density at radius 3 is 2.68 bits per heavy atom. The van der Waals surface area contributed by atoms with Crippen LogP contribution in [-0.2, 0) is 11.3 Å². The Hall–Kier alpha value is -4.14. The first-order valence-electron chi connectivity index (χ1n) is 11.2. The molecule has 0 saturated heterocycles. The lowest BCUT2D eigenvalue weighted by Crippen LogP contribution is -2.23. The average Bonchev–Trinajstić information content (AvgIpc) is 3.44. The summed E-state index contributed by atoms with van der Waals surface area (Å²) in [6.45, 7) is 3.29. The number of nitrogens with zero attached hydrogens (tertiary/aromatic N) is 3. The molecule has 0 bridgehead atoms. The summed E-state index contributed by atoms with van der Waals surface area (Å²) in [4.78, 5) is 23.3. The average molecular weight is 463 g/mol. The van der Waals surface area contributed by atoms with Crippen LogP contribution in [0.15, 0.2) is 53.1 Å². The zero-order valence-corrected chi connectivity index (χ0v) is 18.8. The van der Waals surface area contributed by atoms with E-state index in [9.17, 15) is 19.8 Å². The van der Waals surface area contributed by atoms with Crippen LogP contribution in [0, 0.1) is 0 Å². The molecule has 34 heavy (non-hydrogen) atoms. The zero-order chi connectivity index (χ0) is 24.1. The van der Waals surface area contributed by atoms with Gasteiger partial charge >= 0.3 is 5.97 Å². The SMILES string of the molecule is CCCNC(=O)CCCCn1cc(-c2c(-c3ccccc3)oc3cc(O)c(C(=O)O)cc23)nn1. The zero-order valence-electron chi connectivity index (χ0n) is 18.8. The second-order valence-corrected chi connectivity index (χ2v) is 8.02. The van der Waals surface area contributed by atoms with Crippen LogP contribution in [0.3, 0.4) is 0 Å². The molecule has 9 heteroatoms. The number of hydrogen-bond acceptors (Lipinski definition) is 6. The van der Waals surface area contributed by atoms with Gasteiger partial charge in [-0.3, -0.25) is 9.48 Å². The third-order valence-electron chi connectivity index (χ3n) is 5.48. The number of furan rings is 1. The maximum absolute atomic E-state index is 11.8. The van der Waals surface area contributed by atoms with Crippen LogP contribution in [0.4, 0.5) is 0 Å². The number of unbranched alkanes of at least 4 members (excludes halogenated alkanes) is 1. The fourth-order valence-electron chi connectivity index (χ4n) is 3.78. The van der Waals surface area contributed by atoms with Gasteiger partial charge in [-0.25, -0.2) is 4.79 Å². The number of fused-ring (bicyclic) bond motifs is 1.